The van der Waals surface area contributed by atoms with Gasteiger partial charge in [-0.1, -0.05) is 6.07 Å². The molecule has 0 saturated heterocycles. The Morgan fingerprint density at radius 1 is 1.36 bits per heavy atom. The smallest absolute Gasteiger partial charge is 0.183 e. The average Bonchev–Trinajstić information content (AvgIpc) is 2.22. The first-order valence-electron chi connectivity index (χ1n) is 4.17. The standard InChI is InChI=1S/C10H13FO3/c1-13-10(14-2)7-3-4-9(11)8(5-7)6-12/h3-5,10,12H,6H2,1-2H3. The first-order chi connectivity index (χ1) is 6.72. The van der Waals surface area contributed by atoms with Gasteiger partial charge in [0.2, 0.25) is 0 Å². The first-order valence-corrected chi connectivity index (χ1v) is 4.17. The highest BCUT2D eigenvalue weighted by atomic mass is 19.1. The molecule has 0 bridgehead atoms. The van der Waals surface area contributed by atoms with Gasteiger partial charge in [0.1, 0.15) is 5.82 Å². The molecule has 0 fully saturated rings. The Balaban J connectivity index is 2.98. The summed E-state index contributed by atoms with van der Waals surface area (Å²) in [6.07, 6.45) is -0.527. The maximum atomic E-state index is 13.0. The zero-order chi connectivity index (χ0) is 10.6. The predicted octanol–water partition coefficient (Wildman–Crippen LogP) is 1.61. The van der Waals surface area contributed by atoms with E-state index in [-0.39, 0.29) is 12.2 Å². The molecule has 0 atom stereocenters. The van der Waals surface area contributed by atoms with Crippen LogP contribution in [0.25, 0.3) is 0 Å². The number of aliphatic hydroxyl groups excluding tert-OH is 1. The largest absolute Gasteiger partial charge is 0.392 e. The summed E-state index contributed by atoms with van der Waals surface area (Å²) in [5, 5.41) is 8.85. The molecular formula is C10H13FO3. The first kappa shape index (κ1) is 11.1. The fourth-order valence-electron chi connectivity index (χ4n) is 1.23. The zero-order valence-electron chi connectivity index (χ0n) is 8.16. The highest BCUT2D eigenvalue weighted by Crippen LogP contribution is 2.20. The van der Waals surface area contributed by atoms with Crippen molar-refractivity contribution in [2.45, 2.75) is 12.9 Å². The molecule has 0 unspecified atom stereocenters. The van der Waals surface area contributed by atoms with E-state index in [1.807, 2.05) is 0 Å². The van der Waals surface area contributed by atoms with E-state index in [2.05, 4.69) is 0 Å². The molecule has 0 aromatic heterocycles. The fourth-order valence-corrected chi connectivity index (χ4v) is 1.23. The lowest BCUT2D eigenvalue weighted by Crippen LogP contribution is -2.05. The predicted molar refractivity (Wildman–Crippen MR) is 49.1 cm³/mol. The Bertz CT molecular complexity index is 297. The third-order valence-electron chi connectivity index (χ3n) is 1.94. The maximum Gasteiger partial charge on any atom is 0.183 e. The fraction of sp³-hybridized carbons (Fsp3) is 0.400. The van der Waals surface area contributed by atoms with Crippen molar-refractivity contribution in [3.8, 4) is 0 Å². The van der Waals surface area contributed by atoms with Crippen LogP contribution in [0.1, 0.15) is 17.4 Å². The van der Waals surface area contributed by atoms with Crippen molar-refractivity contribution in [2.24, 2.45) is 0 Å². The number of aliphatic hydroxyl groups is 1. The lowest BCUT2D eigenvalue weighted by atomic mass is 10.1. The van der Waals surface area contributed by atoms with Gasteiger partial charge >= 0.3 is 0 Å². The van der Waals surface area contributed by atoms with Crippen LogP contribution in [0.5, 0.6) is 0 Å². The van der Waals surface area contributed by atoms with Crippen molar-refractivity contribution in [3.63, 3.8) is 0 Å². The molecule has 0 radical (unpaired) electrons. The molecule has 14 heavy (non-hydrogen) atoms. The van der Waals surface area contributed by atoms with E-state index >= 15 is 0 Å². The monoisotopic (exact) mass is 200 g/mol. The lowest BCUT2D eigenvalue weighted by Gasteiger charge is -2.14. The molecule has 78 valence electrons. The molecule has 0 aliphatic heterocycles. The summed E-state index contributed by atoms with van der Waals surface area (Å²) in [5.74, 6) is -0.429. The zero-order valence-corrected chi connectivity index (χ0v) is 8.16. The minimum Gasteiger partial charge on any atom is -0.392 e. The number of hydrogen-bond acceptors (Lipinski definition) is 3. The van der Waals surface area contributed by atoms with Crippen LogP contribution in [-0.4, -0.2) is 19.3 Å². The topological polar surface area (TPSA) is 38.7 Å². The number of methoxy groups -OCH3 is 2. The summed E-state index contributed by atoms with van der Waals surface area (Å²) < 4.78 is 23.0. The molecule has 0 heterocycles. The third kappa shape index (κ3) is 2.29. The van der Waals surface area contributed by atoms with Crippen LogP contribution in [0.15, 0.2) is 18.2 Å². The Morgan fingerprint density at radius 3 is 2.50 bits per heavy atom. The van der Waals surface area contributed by atoms with Crippen LogP contribution in [0.4, 0.5) is 4.39 Å². The third-order valence-corrected chi connectivity index (χ3v) is 1.94. The SMILES string of the molecule is COC(OC)c1ccc(F)c(CO)c1. The number of hydrogen-bond donors (Lipinski definition) is 1. The van der Waals surface area contributed by atoms with Gasteiger partial charge in [-0.25, -0.2) is 4.39 Å². The normalized spacial score (nSPS) is 10.9. The Hall–Kier alpha value is -0.970. The molecular weight excluding hydrogens is 187 g/mol. The molecule has 0 saturated carbocycles. The van der Waals surface area contributed by atoms with Gasteiger partial charge in [0, 0.05) is 25.3 Å². The molecule has 1 aromatic rings. The van der Waals surface area contributed by atoms with E-state index in [0.29, 0.717) is 5.56 Å². The molecule has 3 nitrogen and oxygen atoms in total. The summed E-state index contributed by atoms with van der Waals surface area (Å²) in [6, 6.07) is 4.37. The van der Waals surface area contributed by atoms with E-state index in [1.165, 1.54) is 26.4 Å². The molecule has 1 rings (SSSR count). The summed E-state index contributed by atoms with van der Waals surface area (Å²) in [5.41, 5.74) is 0.919. The van der Waals surface area contributed by atoms with Crippen molar-refractivity contribution in [3.05, 3.63) is 35.1 Å². The Labute approximate surface area is 82.1 Å². The van der Waals surface area contributed by atoms with Crippen LogP contribution in [0.2, 0.25) is 0 Å². The van der Waals surface area contributed by atoms with E-state index < -0.39 is 12.1 Å². The quantitative estimate of drug-likeness (QED) is 0.750. The Kier molecular flexibility index (Phi) is 4.00. The highest BCUT2D eigenvalue weighted by Gasteiger charge is 2.11. The molecule has 1 N–H and O–H groups in total. The molecule has 1 aromatic carbocycles. The van der Waals surface area contributed by atoms with E-state index in [4.69, 9.17) is 14.6 Å². The minimum atomic E-state index is -0.527. The van der Waals surface area contributed by atoms with Crippen molar-refractivity contribution in [2.75, 3.05) is 14.2 Å². The van der Waals surface area contributed by atoms with Crippen LogP contribution < -0.4 is 0 Å². The molecule has 0 aliphatic carbocycles. The summed E-state index contributed by atoms with van der Waals surface area (Å²) in [7, 11) is 2.99. The second-order valence-corrected chi connectivity index (χ2v) is 2.81. The Morgan fingerprint density at radius 2 is 2.00 bits per heavy atom. The van der Waals surface area contributed by atoms with Crippen LogP contribution in [-0.2, 0) is 16.1 Å². The van der Waals surface area contributed by atoms with Crippen LogP contribution in [0.3, 0.4) is 0 Å². The van der Waals surface area contributed by atoms with Gasteiger partial charge in [0.15, 0.2) is 6.29 Å². The minimum absolute atomic E-state index is 0.238. The second-order valence-electron chi connectivity index (χ2n) is 2.81. The molecule has 4 heteroatoms. The van der Waals surface area contributed by atoms with E-state index in [1.54, 1.807) is 6.07 Å². The number of ether oxygens (including phenoxy) is 2. The van der Waals surface area contributed by atoms with Gasteiger partial charge in [0.25, 0.3) is 0 Å². The van der Waals surface area contributed by atoms with Crippen molar-refractivity contribution in [1.82, 2.24) is 0 Å². The van der Waals surface area contributed by atoms with Gasteiger partial charge < -0.3 is 14.6 Å². The highest BCUT2D eigenvalue weighted by molar-refractivity contribution is 5.25. The van der Waals surface area contributed by atoms with Crippen molar-refractivity contribution >= 4 is 0 Å². The van der Waals surface area contributed by atoms with E-state index in [9.17, 15) is 4.39 Å². The van der Waals surface area contributed by atoms with Gasteiger partial charge in [-0.15, -0.1) is 0 Å². The van der Waals surface area contributed by atoms with Crippen LogP contribution >= 0.6 is 0 Å². The summed E-state index contributed by atoms with van der Waals surface area (Å²) in [6.45, 7) is -0.334. The lowest BCUT2D eigenvalue weighted by molar-refractivity contribution is -0.106. The molecule has 0 aliphatic rings. The van der Waals surface area contributed by atoms with Crippen LogP contribution in [0, 0.1) is 5.82 Å². The second kappa shape index (κ2) is 5.05. The number of benzene rings is 1. The van der Waals surface area contributed by atoms with Gasteiger partial charge in [-0.05, 0) is 12.1 Å². The molecule has 0 amide bonds. The summed E-state index contributed by atoms with van der Waals surface area (Å²) in [4.78, 5) is 0. The van der Waals surface area contributed by atoms with E-state index in [0.717, 1.165) is 0 Å². The average molecular weight is 200 g/mol. The number of rotatable bonds is 4. The van der Waals surface area contributed by atoms with Crippen molar-refractivity contribution < 1.29 is 19.0 Å². The van der Waals surface area contributed by atoms with Gasteiger partial charge in [-0.2, -0.15) is 0 Å². The van der Waals surface area contributed by atoms with Gasteiger partial charge in [-0.3, -0.25) is 0 Å². The molecule has 0 spiro atoms. The number of halogens is 1. The summed E-state index contributed by atoms with van der Waals surface area (Å²) >= 11 is 0. The van der Waals surface area contributed by atoms with Crippen molar-refractivity contribution in [1.29, 1.82) is 0 Å². The maximum absolute atomic E-state index is 13.0. The van der Waals surface area contributed by atoms with Gasteiger partial charge in [0.05, 0.1) is 6.61 Å².